The predicted octanol–water partition coefficient (Wildman–Crippen LogP) is 3.18. The maximum atomic E-state index is 12.6. The topological polar surface area (TPSA) is 88.2 Å². The first kappa shape index (κ1) is 22.9. The summed E-state index contributed by atoms with van der Waals surface area (Å²) in [6, 6.07) is 10.5. The molecule has 1 aliphatic heterocycles. The van der Waals surface area contributed by atoms with Crippen LogP contribution in [0.3, 0.4) is 0 Å². The molecule has 2 aromatic rings. The number of anilines is 2. The van der Waals surface area contributed by atoms with Crippen LogP contribution in [-0.2, 0) is 9.59 Å². The van der Waals surface area contributed by atoms with E-state index in [1.165, 1.54) is 25.2 Å². The fraction of sp³-hybridized carbons (Fsp3) is 0.292. The van der Waals surface area contributed by atoms with Crippen molar-refractivity contribution in [3.63, 3.8) is 0 Å². The van der Waals surface area contributed by atoms with E-state index in [1.807, 2.05) is 24.3 Å². The molecule has 0 aromatic heterocycles. The number of hydrogen-bond acceptors (Lipinski definition) is 5. The molecule has 0 aliphatic carbocycles. The molecule has 3 rings (SSSR count). The summed E-state index contributed by atoms with van der Waals surface area (Å²) in [6.45, 7) is 0.732. The summed E-state index contributed by atoms with van der Waals surface area (Å²) < 4.78 is 10.6. The van der Waals surface area contributed by atoms with Gasteiger partial charge in [-0.15, -0.1) is 0 Å². The minimum absolute atomic E-state index is 0.130. The summed E-state index contributed by atoms with van der Waals surface area (Å²) in [4.78, 5) is 40.2. The van der Waals surface area contributed by atoms with Crippen LogP contribution in [0.4, 0.5) is 11.4 Å². The fourth-order valence-corrected chi connectivity index (χ4v) is 3.43. The van der Waals surface area contributed by atoms with E-state index in [1.54, 1.807) is 37.2 Å². The zero-order valence-electron chi connectivity index (χ0n) is 18.7. The van der Waals surface area contributed by atoms with Gasteiger partial charge >= 0.3 is 0 Å². The molecule has 8 heteroatoms. The zero-order valence-corrected chi connectivity index (χ0v) is 18.7. The Hall–Kier alpha value is -3.81. The van der Waals surface area contributed by atoms with Gasteiger partial charge in [0.2, 0.25) is 11.8 Å². The van der Waals surface area contributed by atoms with Crippen LogP contribution in [0.2, 0.25) is 0 Å². The van der Waals surface area contributed by atoms with E-state index in [0.29, 0.717) is 23.6 Å². The van der Waals surface area contributed by atoms with Crippen LogP contribution in [-0.4, -0.2) is 57.5 Å². The zero-order chi connectivity index (χ0) is 23.3. The van der Waals surface area contributed by atoms with Crippen molar-refractivity contribution in [2.45, 2.75) is 12.8 Å². The molecule has 1 aliphatic rings. The summed E-state index contributed by atoms with van der Waals surface area (Å²) in [6.07, 6.45) is 4.50. The highest BCUT2D eigenvalue weighted by molar-refractivity contribution is 6.08. The van der Waals surface area contributed by atoms with Gasteiger partial charge in [0.05, 0.1) is 25.5 Å². The normalized spacial score (nSPS) is 13.4. The number of carbonyl (C=O) groups is 3. The molecule has 0 saturated carbocycles. The molecule has 1 N–H and O–H groups in total. The lowest BCUT2D eigenvalue weighted by molar-refractivity contribution is -0.117. The molecule has 0 radical (unpaired) electrons. The second kappa shape index (κ2) is 10.00. The van der Waals surface area contributed by atoms with Crippen molar-refractivity contribution in [1.82, 2.24) is 4.90 Å². The third-order valence-electron chi connectivity index (χ3n) is 5.12. The number of benzene rings is 2. The van der Waals surface area contributed by atoms with E-state index < -0.39 is 5.91 Å². The molecule has 2 aromatic carbocycles. The first-order valence-electron chi connectivity index (χ1n) is 10.2. The highest BCUT2D eigenvalue weighted by Crippen LogP contribution is 2.34. The van der Waals surface area contributed by atoms with E-state index in [-0.39, 0.29) is 17.4 Å². The van der Waals surface area contributed by atoms with Crippen LogP contribution >= 0.6 is 0 Å². The van der Waals surface area contributed by atoms with Crippen LogP contribution in [0.1, 0.15) is 28.8 Å². The number of ether oxygens (including phenoxy) is 2. The Labute approximate surface area is 187 Å². The summed E-state index contributed by atoms with van der Waals surface area (Å²) in [5.41, 5.74) is 2.27. The number of amides is 3. The molecule has 0 atom stereocenters. The fourth-order valence-electron chi connectivity index (χ4n) is 3.43. The third kappa shape index (κ3) is 5.08. The van der Waals surface area contributed by atoms with E-state index in [4.69, 9.17) is 9.47 Å². The van der Waals surface area contributed by atoms with Crippen molar-refractivity contribution < 1.29 is 23.9 Å². The van der Waals surface area contributed by atoms with Crippen molar-refractivity contribution in [3.8, 4) is 11.5 Å². The first-order chi connectivity index (χ1) is 15.3. The average Bonchev–Trinajstić information content (AvgIpc) is 3.22. The maximum absolute atomic E-state index is 12.6. The predicted molar refractivity (Wildman–Crippen MR) is 123 cm³/mol. The van der Waals surface area contributed by atoms with Gasteiger partial charge in [0.25, 0.3) is 5.91 Å². The highest BCUT2D eigenvalue weighted by Gasteiger charge is 2.21. The molecular weight excluding hydrogens is 410 g/mol. The van der Waals surface area contributed by atoms with Crippen molar-refractivity contribution in [2.75, 3.05) is 45.1 Å². The number of rotatable bonds is 7. The first-order valence-corrected chi connectivity index (χ1v) is 10.2. The van der Waals surface area contributed by atoms with E-state index in [2.05, 4.69) is 5.32 Å². The van der Waals surface area contributed by atoms with Crippen LogP contribution in [0, 0.1) is 0 Å². The quantitative estimate of drug-likeness (QED) is 0.672. The molecule has 0 bridgehead atoms. The summed E-state index contributed by atoms with van der Waals surface area (Å²) in [5, 5.41) is 2.74. The third-order valence-corrected chi connectivity index (χ3v) is 5.12. The number of hydrogen-bond donors (Lipinski definition) is 1. The van der Waals surface area contributed by atoms with Gasteiger partial charge in [-0.2, -0.15) is 0 Å². The second-order valence-corrected chi connectivity index (χ2v) is 7.52. The lowest BCUT2D eigenvalue weighted by Gasteiger charge is -2.17. The molecule has 1 heterocycles. The Bertz CT molecular complexity index is 1040. The number of nitrogens with one attached hydrogen (secondary N) is 1. The van der Waals surface area contributed by atoms with Crippen LogP contribution in [0.5, 0.6) is 11.5 Å². The molecular formula is C24H27N3O5. The Morgan fingerprint density at radius 3 is 2.28 bits per heavy atom. The molecule has 32 heavy (non-hydrogen) atoms. The Balaban J connectivity index is 1.77. The maximum Gasteiger partial charge on any atom is 0.255 e. The van der Waals surface area contributed by atoms with Gasteiger partial charge in [0, 0.05) is 44.9 Å². The van der Waals surface area contributed by atoms with Gasteiger partial charge in [-0.05, 0) is 36.3 Å². The number of nitrogens with zero attached hydrogens (tertiary/aromatic N) is 2. The van der Waals surface area contributed by atoms with Gasteiger partial charge in [-0.1, -0.05) is 12.1 Å². The monoisotopic (exact) mass is 437 g/mol. The van der Waals surface area contributed by atoms with Gasteiger partial charge in [0.1, 0.15) is 0 Å². The smallest absolute Gasteiger partial charge is 0.255 e. The van der Waals surface area contributed by atoms with Crippen LogP contribution in [0.25, 0.3) is 6.08 Å². The van der Waals surface area contributed by atoms with Crippen molar-refractivity contribution in [1.29, 1.82) is 0 Å². The SMILES string of the molecule is COc1cc(NC(=O)/C=C/c2ccc(N3CCCC3=O)cc2)c(C(=O)N(C)C)cc1OC. The van der Waals surface area contributed by atoms with Crippen molar-refractivity contribution >= 4 is 35.2 Å². The molecule has 0 spiro atoms. The van der Waals surface area contributed by atoms with Gasteiger partial charge in [-0.3, -0.25) is 14.4 Å². The standard InChI is InChI=1S/C24H27N3O5/c1-26(2)24(30)18-14-20(31-3)21(32-4)15-19(18)25-22(28)12-9-16-7-10-17(11-8-16)27-13-5-6-23(27)29/h7-12,14-15H,5-6,13H2,1-4H3,(H,25,28)/b12-9+. The van der Waals surface area contributed by atoms with E-state index in [9.17, 15) is 14.4 Å². The highest BCUT2D eigenvalue weighted by atomic mass is 16.5. The Morgan fingerprint density at radius 1 is 1.06 bits per heavy atom. The van der Waals surface area contributed by atoms with Gasteiger partial charge < -0.3 is 24.6 Å². The average molecular weight is 437 g/mol. The van der Waals surface area contributed by atoms with Gasteiger partial charge in [0.15, 0.2) is 11.5 Å². The summed E-state index contributed by atoms with van der Waals surface area (Å²) >= 11 is 0. The Morgan fingerprint density at radius 2 is 1.72 bits per heavy atom. The lowest BCUT2D eigenvalue weighted by atomic mass is 10.1. The van der Waals surface area contributed by atoms with Crippen LogP contribution in [0.15, 0.2) is 42.5 Å². The number of carbonyl (C=O) groups excluding carboxylic acids is 3. The molecule has 168 valence electrons. The molecule has 1 fully saturated rings. The van der Waals surface area contributed by atoms with Crippen molar-refractivity contribution in [2.24, 2.45) is 0 Å². The largest absolute Gasteiger partial charge is 0.493 e. The number of methoxy groups -OCH3 is 2. The summed E-state index contributed by atoms with van der Waals surface area (Å²) in [5.74, 6) is 0.240. The van der Waals surface area contributed by atoms with Crippen molar-refractivity contribution in [3.05, 3.63) is 53.6 Å². The molecule has 1 saturated heterocycles. The Kier molecular flexibility index (Phi) is 7.14. The molecule has 0 unspecified atom stereocenters. The van der Waals surface area contributed by atoms with Gasteiger partial charge in [-0.25, -0.2) is 0 Å². The lowest BCUT2D eigenvalue weighted by Crippen LogP contribution is -2.24. The minimum Gasteiger partial charge on any atom is -0.493 e. The summed E-state index contributed by atoms with van der Waals surface area (Å²) in [7, 11) is 6.22. The minimum atomic E-state index is -0.399. The second-order valence-electron chi connectivity index (χ2n) is 7.52. The molecule has 8 nitrogen and oxygen atoms in total. The van der Waals surface area contributed by atoms with E-state index in [0.717, 1.165) is 24.2 Å². The molecule has 3 amide bonds. The van der Waals surface area contributed by atoms with Crippen LogP contribution < -0.4 is 19.7 Å². The van der Waals surface area contributed by atoms with E-state index >= 15 is 0 Å².